The highest BCUT2D eigenvalue weighted by atomic mass is 35.5. The van der Waals surface area contributed by atoms with E-state index in [9.17, 15) is 14.4 Å². The molecule has 4 rings (SSSR count). The first-order valence-corrected chi connectivity index (χ1v) is 10.6. The molecular weight excluding hydrogens is 500 g/mol. The number of carbonyl (C=O) groups is 2. The van der Waals surface area contributed by atoms with Crippen molar-refractivity contribution in [2.24, 2.45) is 0 Å². The van der Waals surface area contributed by atoms with E-state index in [4.69, 9.17) is 46.4 Å². The molecule has 8 nitrogen and oxygen atoms in total. The molecule has 1 aliphatic rings. The largest absolute Gasteiger partial charge is 0.326 e. The normalized spacial score (nSPS) is 15.0. The Balaban J connectivity index is 1.64. The van der Waals surface area contributed by atoms with Gasteiger partial charge in [0.2, 0.25) is 17.8 Å². The van der Waals surface area contributed by atoms with Gasteiger partial charge in [-0.05, 0) is 36.4 Å². The predicted octanol–water partition coefficient (Wildman–Crippen LogP) is 5.19. The van der Waals surface area contributed by atoms with Gasteiger partial charge in [-0.15, -0.1) is 0 Å². The summed E-state index contributed by atoms with van der Waals surface area (Å²) in [5.74, 6) is -2.05. The molecule has 0 aliphatic carbocycles. The smallest absolute Gasteiger partial charge is 0.258 e. The highest BCUT2D eigenvalue weighted by molar-refractivity contribution is 6.42. The number of rotatable bonds is 4. The molecule has 2 heterocycles. The lowest BCUT2D eigenvalue weighted by Crippen LogP contribution is -2.36. The van der Waals surface area contributed by atoms with Crippen molar-refractivity contribution in [2.75, 3.05) is 16.0 Å². The minimum Gasteiger partial charge on any atom is -0.326 e. The van der Waals surface area contributed by atoms with E-state index < -0.39 is 23.3 Å². The molecular formula is C20H13Cl4N5O3. The van der Waals surface area contributed by atoms with Crippen LogP contribution in [0.3, 0.4) is 0 Å². The average molecular weight is 513 g/mol. The summed E-state index contributed by atoms with van der Waals surface area (Å²) in [7, 11) is 0. The van der Waals surface area contributed by atoms with E-state index in [1.165, 1.54) is 12.1 Å². The first-order chi connectivity index (χ1) is 15.2. The predicted molar refractivity (Wildman–Crippen MR) is 126 cm³/mol. The van der Waals surface area contributed by atoms with Crippen LogP contribution in [-0.2, 0) is 9.59 Å². The fourth-order valence-corrected chi connectivity index (χ4v) is 4.04. The van der Waals surface area contributed by atoms with Gasteiger partial charge in [0.1, 0.15) is 5.82 Å². The summed E-state index contributed by atoms with van der Waals surface area (Å²) >= 11 is 23.8. The Morgan fingerprint density at radius 1 is 0.969 bits per heavy atom. The second-order valence-corrected chi connectivity index (χ2v) is 8.57. The first kappa shape index (κ1) is 22.4. The number of nitrogens with one attached hydrogen (secondary N) is 4. The van der Waals surface area contributed by atoms with E-state index in [-0.39, 0.29) is 28.8 Å². The molecule has 1 aromatic heterocycles. The van der Waals surface area contributed by atoms with Gasteiger partial charge in [-0.2, -0.15) is 4.98 Å². The summed E-state index contributed by atoms with van der Waals surface area (Å²) in [6, 6.07) is 9.26. The molecule has 164 valence electrons. The van der Waals surface area contributed by atoms with Gasteiger partial charge in [-0.3, -0.25) is 19.4 Å². The summed E-state index contributed by atoms with van der Waals surface area (Å²) in [5.41, 5.74) is 0.302. The standard InChI is InChI=1S/C20H13Cl4N5O3/c21-8-3-9(22)5-11(4-8)26-20-28-17-16(19(32)29-20)12(7-15(30)27-17)18(31)25-10-1-2-13(23)14(24)6-10/h1-6,12H,7H2,(H,25,31)(H3,26,27,28,29,30,32)/t12-/m0/s1. The van der Waals surface area contributed by atoms with Crippen molar-refractivity contribution in [2.45, 2.75) is 12.3 Å². The number of amides is 2. The molecule has 2 aromatic carbocycles. The van der Waals surface area contributed by atoms with Gasteiger partial charge in [0, 0.05) is 27.8 Å². The summed E-state index contributed by atoms with van der Waals surface area (Å²) in [5, 5.41) is 9.40. The van der Waals surface area contributed by atoms with Gasteiger partial charge >= 0.3 is 0 Å². The molecule has 0 saturated carbocycles. The van der Waals surface area contributed by atoms with E-state index in [1.807, 2.05) is 0 Å². The third kappa shape index (κ3) is 4.83. The second-order valence-electron chi connectivity index (χ2n) is 6.88. The van der Waals surface area contributed by atoms with E-state index in [0.717, 1.165) is 0 Å². The Kier molecular flexibility index (Phi) is 6.30. The summed E-state index contributed by atoms with van der Waals surface area (Å²) in [6.07, 6.45) is -0.221. The molecule has 4 N–H and O–H groups in total. The lowest BCUT2D eigenvalue weighted by molar-refractivity contribution is -0.123. The number of hydrogen-bond acceptors (Lipinski definition) is 5. The van der Waals surface area contributed by atoms with Gasteiger partial charge in [0.15, 0.2) is 0 Å². The minimum atomic E-state index is -1.06. The summed E-state index contributed by atoms with van der Waals surface area (Å²) in [6.45, 7) is 0. The van der Waals surface area contributed by atoms with Gasteiger partial charge < -0.3 is 16.0 Å². The molecule has 0 spiro atoms. The number of aromatic amines is 1. The maximum Gasteiger partial charge on any atom is 0.258 e. The van der Waals surface area contributed by atoms with Gasteiger partial charge in [0.25, 0.3) is 5.56 Å². The quantitative estimate of drug-likeness (QED) is 0.383. The van der Waals surface area contributed by atoms with Crippen molar-refractivity contribution in [3.63, 3.8) is 0 Å². The zero-order valence-electron chi connectivity index (χ0n) is 15.9. The van der Waals surface area contributed by atoms with Crippen molar-refractivity contribution in [1.29, 1.82) is 0 Å². The van der Waals surface area contributed by atoms with Crippen LogP contribution >= 0.6 is 46.4 Å². The Bertz CT molecular complexity index is 1290. The summed E-state index contributed by atoms with van der Waals surface area (Å²) in [4.78, 5) is 44.7. The number of nitrogens with zero attached hydrogens (tertiary/aromatic N) is 1. The third-order valence-electron chi connectivity index (χ3n) is 4.58. The fourth-order valence-electron chi connectivity index (χ4n) is 3.22. The maximum atomic E-state index is 12.9. The van der Waals surface area contributed by atoms with E-state index in [0.29, 0.717) is 26.4 Å². The lowest BCUT2D eigenvalue weighted by atomic mass is 9.92. The maximum absolute atomic E-state index is 12.9. The Hall–Kier alpha value is -2.78. The van der Waals surface area contributed by atoms with Crippen LogP contribution in [0.4, 0.5) is 23.1 Å². The highest BCUT2D eigenvalue weighted by Gasteiger charge is 2.34. The SMILES string of the molecule is O=C1C[C@H](C(=O)Nc2ccc(Cl)c(Cl)c2)c2c(nc(Nc3cc(Cl)cc(Cl)c3)[nH]c2=O)N1. The number of hydrogen-bond donors (Lipinski definition) is 4. The molecule has 32 heavy (non-hydrogen) atoms. The summed E-state index contributed by atoms with van der Waals surface area (Å²) < 4.78 is 0. The first-order valence-electron chi connectivity index (χ1n) is 9.12. The highest BCUT2D eigenvalue weighted by Crippen LogP contribution is 2.32. The van der Waals surface area contributed by atoms with Crippen molar-refractivity contribution in [3.05, 3.63) is 72.4 Å². The van der Waals surface area contributed by atoms with Gasteiger partial charge in [-0.1, -0.05) is 46.4 Å². The molecule has 1 atom stereocenters. The van der Waals surface area contributed by atoms with Crippen molar-refractivity contribution >= 4 is 81.4 Å². The van der Waals surface area contributed by atoms with Gasteiger partial charge in [0.05, 0.1) is 21.5 Å². The topological polar surface area (TPSA) is 116 Å². The fraction of sp³-hybridized carbons (Fsp3) is 0.100. The molecule has 0 bridgehead atoms. The zero-order valence-corrected chi connectivity index (χ0v) is 19.0. The molecule has 0 saturated heterocycles. The molecule has 3 aromatic rings. The molecule has 1 aliphatic heterocycles. The third-order valence-corrected chi connectivity index (χ3v) is 5.76. The number of aromatic nitrogens is 2. The van der Waals surface area contributed by atoms with Crippen LogP contribution in [0, 0.1) is 0 Å². The zero-order chi connectivity index (χ0) is 23.0. The number of H-pyrrole nitrogens is 1. The molecule has 0 unspecified atom stereocenters. The monoisotopic (exact) mass is 511 g/mol. The Morgan fingerprint density at radius 3 is 2.38 bits per heavy atom. The number of benzene rings is 2. The number of halogens is 4. The van der Waals surface area contributed by atoms with Crippen LogP contribution in [0.1, 0.15) is 17.9 Å². The van der Waals surface area contributed by atoms with Crippen LogP contribution in [0.15, 0.2) is 41.2 Å². The number of carbonyl (C=O) groups excluding carboxylic acids is 2. The number of fused-ring (bicyclic) bond motifs is 1. The molecule has 2 amide bonds. The van der Waals surface area contributed by atoms with Crippen LogP contribution < -0.4 is 21.5 Å². The second kappa shape index (κ2) is 8.99. The van der Waals surface area contributed by atoms with Crippen molar-refractivity contribution in [3.8, 4) is 0 Å². The van der Waals surface area contributed by atoms with E-state index in [1.54, 1.807) is 24.3 Å². The molecule has 0 radical (unpaired) electrons. The Morgan fingerprint density at radius 2 is 1.69 bits per heavy atom. The number of anilines is 4. The molecule has 12 heteroatoms. The van der Waals surface area contributed by atoms with Crippen LogP contribution in [0.2, 0.25) is 20.1 Å². The van der Waals surface area contributed by atoms with Crippen molar-refractivity contribution < 1.29 is 9.59 Å². The van der Waals surface area contributed by atoms with Crippen LogP contribution in [-0.4, -0.2) is 21.8 Å². The Labute approximate surface area is 201 Å². The lowest BCUT2D eigenvalue weighted by Gasteiger charge is -2.23. The minimum absolute atomic E-state index is 0.0186. The average Bonchev–Trinajstić information content (AvgIpc) is 2.69. The van der Waals surface area contributed by atoms with Crippen LogP contribution in [0.25, 0.3) is 0 Å². The van der Waals surface area contributed by atoms with E-state index in [2.05, 4.69) is 25.9 Å². The van der Waals surface area contributed by atoms with Crippen LogP contribution in [0.5, 0.6) is 0 Å². The van der Waals surface area contributed by atoms with Gasteiger partial charge in [-0.25, -0.2) is 0 Å². The van der Waals surface area contributed by atoms with Crippen molar-refractivity contribution in [1.82, 2.24) is 9.97 Å². The molecule has 0 fully saturated rings. The van der Waals surface area contributed by atoms with E-state index >= 15 is 0 Å².